The van der Waals surface area contributed by atoms with Crippen molar-refractivity contribution in [2.75, 3.05) is 19.6 Å². The van der Waals surface area contributed by atoms with Crippen molar-refractivity contribution in [1.29, 1.82) is 0 Å². The molecule has 1 saturated heterocycles. The van der Waals surface area contributed by atoms with Crippen LogP contribution >= 0.6 is 0 Å². The summed E-state index contributed by atoms with van der Waals surface area (Å²) in [5.74, 6) is 0. The van der Waals surface area contributed by atoms with Crippen LogP contribution in [0.1, 0.15) is 54.0 Å². The summed E-state index contributed by atoms with van der Waals surface area (Å²) in [5.41, 5.74) is -0.0457. The van der Waals surface area contributed by atoms with Crippen LogP contribution in [-0.4, -0.2) is 65.0 Å². The smallest absolute Gasteiger partial charge is 0.410 e. The van der Waals surface area contributed by atoms with Gasteiger partial charge in [0.25, 0.3) is 0 Å². The van der Waals surface area contributed by atoms with Crippen LogP contribution < -0.4 is 0 Å². The molecular weight excluding hydrogens is 384 g/mol. The van der Waals surface area contributed by atoms with E-state index in [0.717, 1.165) is 5.56 Å². The second-order valence-electron chi connectivity index (χ2n) is 9.66. The molecule has 0 unspecified atom stereocenters. The highest BCUT2D eigenvalue weighted by molar-refractivity contribution is 5.71. The highest BCUT2D eigenvalue weighted by Gasteiger charge is 2.39. The quantitative estimate of drug-likeness (QED) is 0.720. The first kappa shape index (κ1) is 24.0. The molecule has 2 rings (SSSR count). The van der Waals surface area contributed by atoms with Crippen molar-refractivity contribution in [3.63, 3.8) is 0 Å². The van der Waals surface area contributed by atoms with Gasteiger partial charge in [-0.15, -0.1) is 0 Å². The molecule has 168 valence electrons. The molecule has 0 aliphatic carbocycles. The highest BCUT2D eigenvalue weighted by Crippen LogP contribution is 2.23. The van der Waals surface area contributed by atoms with Gasteiger partial charge in [-0.25, -0.2) is 9.59 Å². The van der Waals surface area contributed by atoms with Gasteiger partial charge in [0.15, 0.2) is 0 Å². The Labute approximate surface area is 180 Å². The first-order valence-corrected chi connectivity index (χ1v) is 10.5. The number of nitrogens with zero attached hydrogens (tertiary/aromatic N) is 2. The molecule has 0 N–H and O–H groups in total. The predicted molar refractivity (Wildman–Crippen MR) is 115 cm³/mol. The molecule has 1 heterocycles. The van der Waals surface area contributed by atoms with Crippen LogP contribution in [0.5, 0.6) is 0 Å². The molecule has 0 saturated carbocycles. The summed E-state index contributed by atoms with van der Waals surface area (Å²) in [6, 6.07) is 9.22. The summed E-state index contributed by atoms with van der Waals surface area (Å²) >= 11 is 0. The molecule has 1 aromatic carbocycles. The average Bonchev–Trinajstić information content (AvgIpc) is 2.63. The Bertz CT molecular complexity index is 709. The Balaban J connectivity index is 2.08. The maximum Gasteiger partial charge on any atom is 0.410 e. The number of hydrogen-bond acceptors (Lipinski definition) is 5. The summed E-state index contributed by atoms with van der Waals surface area (Å²) in [6.07, 6.45) is -1.08. The van der Waals surface area contributed by atoms with E-state index in [2.05, 4.69) is 0 Å². The third-order valence-corrected chi connectivity index (χ3v) is 4.59. The van der Waals surface area contributed by atoms with Crippen LogP contribution in [0.25, 0.3) is 0 Å². The van der Waals surface area contributed by atoms with Gasteiger partial charge in [-0.2, -0.15) is 0 Å². The molecule has 1 fully saturated rings. The zero-order chi connectivity index (χ0) is 22.5. The Morgan fingerprint density at radius 1 is 1.00 bits per heavy atom. The van der Waals surface area contributed by atoms with Gasteiger partial charge in [-0.1, -0.05) is 30.3 Å². The lowest BCUT2D eigenvalue weighted by Gasteiger charge is -2.44. The summed E-state index contributed by atoms with van der Waals surface area (Å²) in [6.45, 7) is 14.6. The number of amides is 2. The van der Waals surface area contributed by atoms with Gasteiger partial charge < -0.3 is 19.1 Å². The van der Waals surface area contributed by atoms with E-state index in [4.69, 9.17) is 14.2 Å². The molecule has 1 aliphatic heterocycles. The fourth-order valence-corrected chi connectivity index (χ4v) is 3.37. The number of benzene rings is 1. The van der Waals surface area contributed by atoms with E-state index in [0.29, 0.717) is 19.6 Å². The van der Waals surface area contributed by atoms with Gasteiger partial charge in [0.1, 0.15) is 12.2 Å². The van der Waals surface area contributed by atoms with Gasteiger partial charge >= 0.3 is 12.2 Å². The zero-order valence-corrected chi connectivity index (χ0v) is 19.3. The van der Waals surface area contributed by atoms with E-state index < -0.39 is 17.8 Å². The van der Waals surface area contributed by atoms with Crippen LogP contribution in [0.2, 0.25) is 0 Å². The highest BCUT2D eigenvalue weighted by atomic mass is 16.6. The monoisotopic (exact) mass is 420 g/mol. The second kappa shape index (κ2) is 9.69. The van der Waals surface area contributed by atoms with Crippen molar-refractivity contribution >= 4 is 12.2 Å². The molecule has 1 aromatic rings. The van der Waals surface area contributed by atoms with E-state index in [-0.39, 0.29) is 24.4 Å². The molecule has 2 atom stereocenters. The summed E-state index contributed by atoms with van der Waals surface area (Å²) in [4.78, 5) is 28.8. The van der Waals surface area contributed by atoms with Gasteiger partial charge in [0.2, 0.25) is 0 Å². The summed E-state index contributed by atoms with van der Waals surface area (Å²) in [5, 5.41) is 0. The molecular formula is C23H36N2O5. The van der Waals surface area contributed by atoms with Crippen molar-refractivity contribution < 1.29 is 23.8 Å². The zero-order valence-electron chi connectivity index (χ0n) is 19.3. The lowest BCUT2D eigenvalue weighted by atomic mass is 10.1. The van der Waals surface area contributed by atoms with Gasteiger partial charge in [-0.05, 0) is 54.0 Å². The first-order valence-electron chi connectivity index (χ1n) is 10.5. The van der Waals surface area contributed by atoms with Crippen LogP contribution in [0.15, 0.2) is 30.3 Å². The molecule has 2 amide bonds. The first-order chi connectivity index (χ1) is 13.9. The fraction of sp³-hybridized carbons (Fsp3) is 0.652. The Kier molecular flexibility index (Phi) is 7.75. The third kappa shape index (κ3) is 7.52. The molecule has 30 heavy (non-hydrogen) atoms. The maximum atomic E-state index is 12.8. The van der Waals surface area contributed by atoms with E-state index in [9.17, 15) is 9.59 Å². The second-order valence-corrected chi connectivity index (χ2v) is 9.66. The third-order valence-electron chi connectivity index (χ3n) is 4.59. The minimum Gasteiger partial charge on any atom is -0.445 e. The van der Waals surface area contributed by atoms with Crippen LogP contribution in [0, 0.1) is 0 Å². The van der Waals surface area contributed by atoms with Gasteiger partial charge in [-0.3, -0.25) is 4.90 Å². The SMILES string of the molecule is C[C@@H](OC(C)(C)C)[C@H]1CN(C(=O)OCc2ccccc2)CCN1C(=O)OC(C)(C)C. The van der Waals surface area contributed by atoms with Crippen molar-refractivity contribution in [3.8, 4) is 0 Å². The van der Waals surface area contributed by atoms with Crippen LogP contribution in [-0.2, 0) is 20.8 Å². The lowest BCUT2D eigenvalue weighted by molar-refractivity contribution is -0.101. The number of carbonyl (C=O) groups is 2. The van der Waals surface area contributed by atoms with Gasteiger partial charge in [0, 0.05) is 19.6 Å². The van der Waals surface area contributed by atoms with Gasteiger partial charge in [0.05, 0.1) is 17.7 Å². The van der Waals surface area contributed by atoms with Crippen molar-refractivity contribution in [1.82, 2.24) is 9.80 Å². The topological polar surface area (TPSA) is 68.3 Å². The number of ether oxygens (including phenoxy) is 3. The summed E-state index contributed by atoms with van der Waals surface area (Å²) < 4.78 is 17.2. The Morgan fingerprint density at radius 3 is 2.20 bits per heavy atom. The van der Waals surface area contributed by atoms with Crippen LogP contribution in [0.4, 0.5) is 9.59 Å². The fourth-order valence-electron chi connectivity index (χ4n) is 3.37. The molecule has 0 radical (unpaired) electrons. The van der Waals surface area contributed by atoms with E-state index in [1.165, 1.54) is 0 Å². The molecule has 7 nitrogen and oxygen atoms in total. The standard InChI is InChI=1S/C23H36N2O5/c1-17(29-22(2,3)4)19-15-24(13-14-25(19)21(27)30-23(5,6)7)20(26)28-16-18-11-9-8-10-12-18/h8-12,17,19H,13-16H2,1-7H3/t17-,19-/m1/s1. The molecule has 1 aliphatic rings. The molecule has 0 aromatic heterocycles. The molecule has 0 bridgehead atoms. The lowest BCUT2D eigenvalue weighted by Crippen LogP contribution is -2.61. The summed E-state index contributed by atoms with van der Waals surface area (Å²) in [7, 11) is 0. The minimum atomic E-state index is -0.596. The largest absolute Gasteiger partial charge is 0.445 e. The number of rotatable bonds is 4. The maximum absolute atomic E-state index is 12.8. The van der Waals surface area contributed by atoms with Crippen LogP contribution in [0.3, 0.4) is 0 Å². The normalized spacial score (nSPS) is 18.7. The van der Waals surface area contributed by atoms with Crippen molar-refractivity contribution in [2.45, 2.75) is 78.4 Å². The Morgan fingerprint density at radius 2 is 1.63 bits per heavy atom. The van der Waals surface area contributed by atoms with E-state index in [1.54, 1.807) is 9.80 Å². The Hall–Kier alpha value is -2.28. The number of hydrogen-bond donors (Lipinski definition) is 0. The predicted octanol–water partition coefficient (Wildman–Crippen LogP) is 4.45. The number of carbonyl (C=O) groups excluding carboxylic acids is 2. The van der Waals surface area contributed by atoms with Crippen molar-refractivity contribution in [3.05, 3.63) is 35.9 Å². The van der Waals surface area contributed by atoms with E-state index in [1.807, 2.05) is 78.8 Å². The molecule has 0 spiro atoms. The molecule has 7 heteroatoms. The van der Waals surface area contributed by atoms with Crippen molar-refractivity contribution in [2.24, 2.45) is 0 Å². The van der Waals surface area contributed by atoms with E-state index >= 15 is 0 Å². The number of piperazine rings is 1. The average molecular weight is 421 g/mol. The minimum absolute atomic E-state index is 0.213.